The molecule has 0 aliphatic carbocycles. The second kappa shape index (κ2) is 4.26. The van der Waals surface area contributed by atoms with E-state index in [1.807, 2.05) is 17.8 Å². The van der Waals surface area contributed by atoms with Gasteiger partial charge in [-0.15, -0.1) is 0 Å². The van der Waals surface area contributed by atoms with Gasteiger partial charge in [-0.05, 0) is 6.07 Å². The highest BCUT2D eigenvalue weighted by atomic mass is 32.1. The van der Waals surface area contributed by atoms with Crippen molar-refractivity contribution in [3.05, 3.63) is 18.0 Å². The maximum absolute atomic E-state index is 5.40. The molecule has 0 aliphatic rings. The normalized spacial score (nSPS) is 10.5. The van der Waals surface area contributed by atoms with E-state index in [1.165, 1.54) is 17.2 Å². The highest BCUT2D eigenvalue weighted by molar-refractivity contribution is 7.09. The molecule has 2 aromatic rings. The zero-order valence-electron chi connectivity index (χ0n) is 8.34. The summed E-state index contributed by atoms with van der Waals surface area (Å²) in [5, 5.41) is 8.00. The molecule has 0 aromatic carbocycles. The summed E-state index contributed by atoms with van der Waals surface area (Å²) in [7, 11) is 1.93. The SMILES string of the molecule is Cn1nccc1CCNc1nc(N)ns1. The van der Waals surface area contributed by atoms with Crippen LogP contribution in [0.15, 0.2) is 12.3 Å². The number of hydrogen-bond acceptors (Lipinski definition) is 6. The van der Waals surface area contributed by atoms with Crippen LogP contribution in [0.25, 0.3) is 0 Å². The van der Waals surface area contributed by atoms with E-state index in [2.05, 4.69) is 19.8 Å². The summed E-state index contributed by atoms with van der Waals surface area (Å²) in [6, 6.07) is 2.00. The van der Waals surface area contributed by atoms with Crippen molar-refractivity contribution in [1.29, 1.82) is 0 Å². The van der Waals surface area contributed by atoms with Gasteiger partial charge in [-0.25, -0.2) is 0 Å². The van der Waals surface area contributed by atoms with Crippen molar-refractivity contribution >= 4 is 22.6 Å². The van der Waals surface area contributed by atoms with E-state index in [-0.39, 0.29) is 0 Å². The number of nitrogens with zero attached hydrogens (tertiary/aromatic N) is 4. The number of hydrogen-bond donors (Lipinski definition) is 2. The molecule has 80 valence electrons. The van der Waals surface area contributed by atoms with Gasteiger partial charge in [0, 0.05) is 43.4 Å². The van der Waals surface area contributed by atoms with E-state index in [0.29, 0.717) is 5.95 Å². The Hall–Kier alpha value is -1.63. The number of nitrogen functional groups attached to an aromatic ring is 1. The third-order valence-corrected chi connectivity index (χ3v) is 2.71. The monoisotopic (exact) mass is 224 g/mol. The minimum Gasteiger partial charge on any atom is -0.367 e. The topological polar surface area (TPSA) is 81.7 Å². The lowest BCUT2D eigenvalue weighted by Crippen LogP contribution is -2.08. The van der Waals surface area contributed by atoms with Crippen LogP contribution in [0.1, 0.15) is 5.69 Å². The molecule has 2 rings (SSSR count). The molecule has 3 N–H and O–H groups in total. The Labute approximate surface area is 91.3 Å². The molecule has 0 spiro atoms. The predicted molar refractivity (Wildman–Crippen MR) is 59.7 cm³/mol. The van der Waals surface area contributed by atoms with Gasteiger partial charge in [0.1, 0.15) is 0 Å². The molecule has 15 heavy (non-hydrogen) atoms. The Balaban J connectivity index is 1.83. The predicted octanol–water partition coefficient (Wildman–Crippen LogP) is 0.508. The molecule has 0 unspecified atom stereocenters. The first-order valence-corrected chi connectivity index (χ1v) is 5.33. The van der Waals surface area contributed by atoms with Crippen LogP contribution in [0, 0.1) is 0 Å². The van der Waals surface area contributed by atoms with Crippen molar-refractivity contribution in [2.45, 2.75) is 6.42 Å². The fourth-order valence-electron chi connectivity index (χ4n) is 1.25. The Kier molecular flexibility index (Phi) is 2.82. The summed E-state index contributed by atoms with van der Waals surface area (Å²) < 4.78 is 5.74. The molecule has 0 bridgehead atoms. The van der Waals surface area contributed by atoms with Crippen LogP contribution in [0.2, 0.25) is 0 Å². The number of anilines is 2. The van der Waals surface area contributed by atoms with E-state index in [0.717, 1.165) is 18.1 Å². The number of rotatable bonds is 4. The van der Waals surface area contributed by atoms with Gasteiger partial charge in [-0.3, -0.25) is 4.68 Å². The van der Waals surface area contributed by atoms with Gasteiger partial charge in [0.25, 0.3) is 0 Å². The van der Waals surface area contributed by atoms with Crippen molar-refractivity contribution in [2.75, 3.05) is 17.6 Å². The standard InChI is InChI=1S/C8H12N6S/c1-14-6(3-5-11-14)2-4-10-8-12-7(9)13-15-8/h3,5H,2,4H2,1H3,(H3,9,10,12,13). The summed E-state index contributed by atoms with van der Waals surface area (Å²) in [6.45, 7) is 0.800. The second-order valence-electron chi connectivity index (χ2n) is 3.08. The maximum Gasteiger partial charge on any atom is 0.233 e. The van der Waals surface area contributed by atoms with E-state index < -0.39 is 0 Å². The largest absolute Gasteiger partial charge is 0.367 e. The third kappa shape index (κ3) is 2.44. The molecule has 7 heteroatoms. The van der Waals surface area contributed by atoms with Crippen LogP contribution in [-0.2, 0) is 13.5 Å². The van der Waals surface area contributed by atoms with Crippen LogP contribution in [0.5, 0.6) is 0 Å². The Morgan fingerprint density at radius 1 is 1.60 bits per heavy atom. The summed E-state index contributed by atoms with van der Waals surface area (Å²) in [4.78, 5) is 4.00. The third-order valence-electron chi connectivity index (χ3n) is 2.02. The smallest absolute Gasteiger partial charge is 0.233 e. The number of aryl methyl sites for hydroxylation is 1. The van der Waals surface area contributed by atoms with E-state index >= 15 is 0 Å². The molecule has 0 saturated heterocycles. The summed E-state index contributed by atoms with van der Waals surface area (Å²) in [5.41, 5.74) is 6.58. The Bertz CT molecular complexity index is 434. The summed E-state index contributed by atoms with van der Waals surface area (Å²) in [5.74, 6) is 0.322. The molecule has 2 heterocycles. The number of nitrogens with one attached hydrogen (secondary N) is 1. The van der Waals surface area contributed by atoms with Crippen molar-refractivity contribution in [1.82, 2.24) is 19.1 Å². The van der Waals surface area contributed by atoms with Crippen LogP contribution < -0.4 is 11.1 Å². The van der Waals surface area contributed by atoms with Gasteiger partial charge >= 0.3 is 0 Å². The molecule has 0 fully saturated rings. The Morgan fingerprint density at radius 2 is 2.47 bits per heavy atom. The van der Waals surface area contributed by atoms with Gasteiger partial charge < -0.3 is 11.1 Å². The first-order chi connectivity index (χ1) is 7.25. The average molecular weight is 224 g/mol. The highest BCUT2D eigenvalue weighted by Crippen LogP contribution is 2.11. The lowest BCUT2D eigenvalue weighted by atomic mass is 10.3. The van der Waals surface area contributed by atoms with E-state index in [1.54, 1.807) is 6.20 Å². The van der Waals surface area contributed by atoms with Crippen LogP contribution in [-0.4, -0.2) is 25.7 Å². The molecule has 0 saturated carbocycles. The summed E-state index contributed by atoms with van der Waals surface area (Å²) in [6.07, 6.45) is 2.69. The van der Waals surface area contributed by atoms with Crippen molar-refractivity contribution < 1.29 is 0 Å². The summed E-state index contributed by atoms with van der Waals surface area (Å²) >= 11 is 1.27. The van der Waals surface area contributed by atoms with Crippen molar-refractivity contribution in [3.63, 3.8) is 0 Å². The van der Waals surface area contributed by atoms with Gasteiger partial charge in [-0.1, -0.05) is 0 Å². The first kappa shape index (κ1) is 9.91. The van der Waals surface area contributed by atoms with Crippen LogP contribution >= 0.6 is 11.5 Å². The molecule has 6 nitrogen and oxygen atoms in total. The second-order valence-corrected chi connectivity index (χ2v) is 3.83. The molecular weight excluding hydrogens is 212 g/mol. The van der Waals surface area contributed by atoms with Crippen molar-refractivity contribution in [3.8, 4) is 0 Å². The van der Waals surface area contributed by atoms with Gasteiger partial charge in [0.2, 0.25) is 11.1 Å². The molecule has 0 amide bonds. The van der Waals surface area contributed by atoms with E-state index in [9.17, 15) is 0 Å². The van der Waals surface area contributed by atoms with Gasteiger partial charge in [0.05, 0.1) is 0 Å². The van der Waals surface area contributed by atoms with Crippen molar-refractivity contribution in [2.24, 2.45) is 7.05 Å². The maximum atomic E-state index is 5.40. The molecule has 0 atom stereocenters. The number of nitrogens with two attached hydrogens (primary N) is 1. The lowest BCUT2D eigenvalue weighted by Gasteiger charge is -2.02. The molecule has 0 radical (unpaired) electrons. The molecule has 0 aliphatic heterocycles. The first-order valence-electron chi connectivity index (χ1n) is 4.55. The zero-order chi connectivity index (χ0) is 10.7. The van der Waals surface area contributed by atoms with Gasteiger partial charge in [-0.2, -0.15) is 14.5 Å². The Morgan fingerprint density at radius 3 is 3.07 bits per heavy atom. The fourth-order valence-corrected chi connectivity index (χ4v) is 1.77. The van der Waals surface area contributed by atoms with Gasteiger partial charge in [0.15, 0.2) is 0 Å². The molecule has 2 aromatic heterocycles. The highest BCUT2D eigenvalue weighted by Gasteiger charge is 2.01. The van der Waals surface area contributed by atoms with Crippen LogP contribution in [0.3, 0.4) is 0 Å². The quantitative estimate of drug-likeness (QED) is 0.790. The minimum absolute atomic E-state index is 0.322. The number of aromatic nitrogens is 4. The minimum atomic E-state index is 0.322. The lowest BCUT2D eigenvalue weighted by molar-refractivity contribution is 0.711. The zero-order valence-corrected chi connectivity index (χ0v) is 9.16. The molecular formula is C8H12N6S. The fraction of sp³-hybridized carbons (Fsp3) is 0.375. The van der Waals surface area contributed by atoms with E-state index in [4.69, 9.17) is 5.73 Å². The van der Waals surface area contributed by atoms with Crippen LogP contribution in [0.4, 0.5) is 11.1 Å². The average Bonchev–Trinajstić information content (AvgIpc) is 2.77.